The van der Waals surface area contributed by atoms with Crippen LogP contribution in [-0.2, 0) is 4.79 Å². The van der Waals surface area contributed by atoms with E-state index in [1.807, 2.05) is 6.07 Å². The van der Waals surface area contributed by atoms with E-state index in [4.69, 9.17) is 0 Å². The molecular formula is C22H16N2O3. The minimum Gasteiger partial charge on any atom is -0.291 e. The molecule has 5 nitrogen and oxygen atoms in total. The van der Waals surface area contributed by atoms with Crippen molar-refractivity contribution < 1.29 is 14.4 Å². The summed E-state index contributed by atoms with van der Waals surface area (Å²) in [7, 11) is 0. The second-order valence-electron chi connectivity index (χ2n) is 6.13. The molecule has 3 aromatic carbocycles. The third-order valence-electron chi connectivity index (χ3n) is 4.47. The van der Waals surface area contributed by atoms with Crippen LogP contribution in [0.1, 0.15) is 10.4 Å². The van der Waals surface area contributed by atoms with Crippen LogP contribution in [0.3, 0.4) is 0 Å². The van der Waals surface area contributed by atoms with Crippen molar-refractivity contribution in [3.05, 3.63) is 96.6 Å². The molecule has 0 N–H and O–H groups in total. The summed E-state index contributed by atoms with van der Waals surface area (Å²) in [6, 6.07) is 24.2. The SMILES string of the molecule is O=C(c1ccccc1)C1C(=O)N(c2ccccc2)C(=O)N1c1ccccc1. The van der Waals surface area contributed by atoms with E-state index >= 15 is 0 Å². The fourth-order valence-corrected chi connectivity index (χ4v) is 3.20. The lowest BCUT2D eigenvalue weighted by Gasteiger charge is -2.21. The molecule has 1 aliphatic rings. The number of imide groups is 1. The average Bonchev–Trinajstić information content (AvgIpc) is 2.99. The number of anilines is 2. The molecule has 1 atom stereocenters. The van der Waals surface area contributed by atoms with Crippen LogP contribution in [0.15, 0.2) is 91.0 Å². The summed E-state index contributed by atoms with van der Waals surface area (Å²) in [6.07, 6.45) is 0. The van der Waals surface area contributed by atoms with Gasteiger partial charge in [-0.2, -0.15) is 0 Å². The Hall–Kier alpha value is -3.73. The van der Waals surface area contributed by atoms with E-state index in [1.165, 1.54) is 4.90 Å². The van der Waals surface area contributed by atoms with E-state index in [2.05, 4.69) is 0 Å². The lowest BCUT2D eigenvalue weighted by Crippen LogP contribution is -2.41. The van der Waals surface area contributed by atoms with Crippen molar-refractivity contribution in [2.24, 2.45) is 0 Å². The van der Waals surface area contributed by atoms with Crippen molar-refractivity contribution in [1.29, 1.82) is 0 Å². The summed E-state index contributed by atoms with van der Waals surface area (Å²) in [5, 5.41) is 0. The third kappa shape index (κ3) is 2.89. The molecule has 0 spiro atoms. The van der Waals surface area contributed by atoms with Crippen molar-refractivity contribution in [2.45, 2.75) is 6.04 Å². The highest BCUT2D eigenvalue weighted by Gasteiger charge is 2.50. The van der Waals surface area contributed by atoms with E-state index in [0.29, 0.717) is 16.9 Å². The zero-order chi connectivity index (χ0) is 18.8. The Morgan fingerprint density at radius 2 is 1.15 bits per heavy atom. The maximum atomic E-state index is 13.2. The van der Waals surface area contributed by atoms with Gasteiger partial charge < -0.3 is 0 Å². The molecule has 3 aromatic rings. The number of ketones is 1. The lowest BCUT2D eigenvalue weighted by atomic mass is 10.0. The predicted octanol–water partition coefficient (Wildman–Crippen LogP) is 3.91. The Balaban J connectivity index is 1.82. The number of carbonyl (C=O) groups is 3. The zero-order valence-electron chi connectivity index (χ0n) is 14.4. The van der Waals surface area contributed by atoms with Gasteiger partial charge in [0.15, 0.2) is 11.8 Å². The molecule has 1 aliphatic heterocycles. The number of carbonyl (C=O) groups excluding carboxylic acids is 3. The van der Waals surface area contributed by atoms with Crippen molar-refractivity contribution >= 4 is 29.1 Å². The predicted molar refractivity (Wildman–Crippen MR) is 103 cm³/mol. The van der Waals surface area contributed by atoms with Crippen LogP contribution in [-0.4, -0.2) is 23.8 Å². The van der Waals surface area contributed by atoms with E-state index in [-0.39, 0.29) is 0 Å². The van der Waals surface area contributed by atoms with Crippen molar-refractivity contribution in [2.75, 3.05) is 9.80 Å². The smallest absolute Gasteiger partial charge is 0.291 e. The maximum Gasteiger partial charge on any atom is 0.337 e. The molecule has 4 rings (SSSR count). The van der Waals surface area contributed by atoms with Gasteiger partial charge in [0.05, 0.1) is 5.69 Å². The largest absolute Gasteiger partial charge is 0.337 e. The van der Waals surface area contributed by atoms with Gasteiger partial charge in [0.2, 0.25) is 0 Å². The first kappa shape index (κ1) is 16.7. The van der Waals surface area contributed by atoms with Crippen LogP contribution in [0.25, 0.3) is 0 Å². The number of Topliss-reactive ketones (excluding diaryl/α,β-unsaturated/α-hetero) is 1. The van der Waals surface area contributed by atoms with Crippen molar-refractivity contribution in [1.82, 2.24) is 0 Å². The number of urea groups is 1. The molecule has 0 aliphatic carbocycles. The van der Waals surface area contributed by atoms with E-state index in [0.717, 1.165) is 4.90 Å². The van der Waals surface area contributed by atoms with Crippen LogP contribution in [0.2, 0.25) is 0 Å². The number of nitrogens with zero attached hydrogens (tertiary/aromatic N) is 2. The Labute approximate surface area is 156 Å². The quantitative estimate of drug-likeness (QED) is 0.405. The molecule has 0 radical (unpaired) electrons. The summed E-state index contributed by atoms with van der Waals surface area (Å²) in [5.41, 5.74) is 1.33. The highest BCUT2D eigenvalue weighted by atomic mass is 16.2. The van der Waals surface area contributed by atoms with Gasteiger partial charge in [0, 0.05) is 11.3 Å². The first-order chi connectivity index (χ1) is 13.2. The summed E-state index contributed by atoms with van der Waals surface area (Å²) in [6.45, 7) is 0. The molecule has 27 heavy (non-hydrogen) atoms. The Morgan fingerprint density at radius 3 is 1.70 bits per heavy atom. The number of amides is 3. The van der Waals surface area contributed by atoms with Gasteiger partial charge in [0.1, 0.15) is 0 Å². The molecule has 0 aromatic heterocycles. The van der Waals surface area contributed by atoms with Gasteiger partial charge in [-0.05, 0) is 24.3 Å². The summed E-state index contributed by atoms with van der Waals surface area (Å²) >= 11 is 0. The number of benzene rings is 3. The van der Waals surface area contributed by atoms with Crippen molar-refractivity contribution in [3.63, 3.8) is 0 Å². The molecule has 0 bridgehead atoms. The minimum atomic E-state index is -1.23. The Kier molecular flexibility index (Phi) is 4.26. The monoisotopic (exact) mass is 356 g/mol. The van der Waals surface area contributed by atoms with Gasteiger partial charge >= 0.3 is 6.03 Å². The van der Waals surface area contributed by atoms with Gasteiger partial charge in [-0.15, -0.1) is 0 Å². The molecule has 0 saturated carbocycles. The Morgan fingerprint density at radius 1 is 0.667 bits per heavy atom. The zero-order valence-corrected chi connectivity index (χ0v) is 14.4. The highest BCUT2D eigenvalue weighted by Crippen LogP contribution is 2.31. The van der Waals surface area contributed by atoms with Gasteiger partial charge in [0.25, 0.3) is 5.91 Å². The lowest BCUT2D eigenvalue weighted by molar-refractivity contribution is -0.117. The third-order valence-corrected chi connectivity index (χ3v) is 4.47. The fourth-order valence-electron chi connectivity index (χ4n) is 3.20. The summed E-state index contributed by atoms with van der Waals surface area (Å²) in [4.78, 5) is 41.8. The van der Waals surface area contributed by atoms with E-state index in [9.17, 15) is 14.4 Å². The molecular weight excluding hydrogens is 340 g/mol. The van der Waals surface area contributed by atoms with Crippen LogP contribution in [0.5, 0.6) is 0 Å². The van der Waals surface area contributed by atoms with Gasteiger partial charge in [-0.25, -0.2) is 9.69 Å². The first-order valence-corrected chi connectivity index (χ1v) is 8.55. The molecule has 1 saturated heterocycles. The topological polar surface area (TPSA) is 57.7 Å². The molecule has 132 valence electrons. The second-order valence-corrected chi connectivity index (χ2v) is 6.13. The Bertz CT molecular complexity index is 988. The number of hydrogen-bond donors (Lipinski definition) is 0. The van der Waals surface area contributed by atoms with Crippen molar-refractivity contribution in [3.8, 4) is 0 Å². The summed E-state index contributed by atoms with van der Waals surface area (Å²) < 4.78 is 0. The average molecular weight is 356 g/mol. The second kappa shape index (κ2) is 6.88. The minimum absolute atomic E-state index is 0.388. The van der Waals surface area contributed by atoms with Gasteiger partial charge in [-0.1, -0.05) is 66.7 Å². The van der Waals surface area contributed by atoms with Crippen LogP contribution < -0.4 is 9.80 Å². The number of para-hydroxylation sites is 2. The normalized spacial score (nSPS) is 16.7. The van der Waals surface area contributed by atoms with Crippen LogP contribution in [0.4, 0.5) is 16.2 Å². The molecule has 1 heterocycles. The molecule has 1 fully saturated rings. The fraction of sp³-hybridized carbons (Fsp3) is 0.0455. The molecule has 5 heteroatoms. The van der Waals surface area contributed by atoms with E-state index in [1.54, 1.807) is 84.9 Å². The van der Waals surface area contributed by atoms with Crippen LogP contribution >= 0.6 is 0 Å². The van der Waals surface area contributed by atoms with Crippen LogP contribution in [0, 0.1) is 0 Å². The maximum absolute atomic E-state index is 13.2. The first-order valence-electron chi connectivity index (χ1n) is 8.55. The molecule has 1 unspecified atom stereocenters. The standard InChI is InChI=1S/C22H16N2O3/c25-20(16-10-4-1-5-11-16)19-21(26)24(18-14-8-3-9-15-18)22(27)23(19)17-12-6-2-7-13-17/h1-15,19H. The van der Waals surface area contributed by atoms with Gasteiger partial charge in [-0.3, -0.25) is 14.5 Å². The number of hydrogen-bond acceptors (Lipinski definition) is 3. The summed E-state index contributed by atoms with van der Waals surface area (Å²) in [5.74, 6) is -0.958. The number of rotatable bonds is 4. The molecule has 3 amide bonds. The highest BCUT2D eigenvalue weighted by molar-refractivity contribution is 6.36. The van der Waals surface area contributed by atoms with E-state index < -0.39 is 23.8 Å².